The summed E-state index contributed by atoms with van der Waals surface area (Å²) in [5.41, 5.74) is 1.23. The van der Waals surface area contributed by atoms with Crippen molar-refractivity contribution < 1.29 is 14.3 Å². The summed E-state index contributed by atoms with van der Waals surface area (Å²) in [6.07, 6.45) is 0. The number of aryl methyl sites for hydroxylation is 1. The Kier molecular flexibility index (Phi) is 3.69. The van der Waals surface area contributed by atoms with E-state index in [9.17, 15) is 9.90 Å². The quantitative estimate of drug-likeness (QED) is 0.555. The Hall–Kier alpha value is -3.61. The van der Waals surface area contributed by atoms with E-state index < -0.39 is 11.6 Å². The molecule has 7 heteroatoms. The molecule has 7 nitrogen and oxygen atoms in total. The van der Waals surface area contributed by atoms with E-state index in [4.69, 9.17) is 9.15 Å². The lowest BCUT2D eigenvalue weighted by atomic mass is 10.1. The maximum absolute atomic E-state index is 12.3. The summed E-state index contributed by atoms with van der Waals surface area (Å²) < 4.78 is 11.8. The highest BCUT2D eigenvalue weighted by Gasteiger charge is 2.20. The molecule has 0 aliphatic rings. The first-order valence-electron chi connectivity index (χ1n) is 7.89. The van der Waals surface area contributed by atoms with Crippen molar-refractivity contribution in [2.75, 3.05) is 7.11 Å². The molecule has 0 saturated carbocycles. The molecule has 2 aromatic carbocycles. The highest BCUT2D eigenvalue weighted by Crippen LogP contribution is 2.39. The summed E-state index contributed by atoms with van der Waals surface area (Å²) in [6.45, 7) is 0. The first kappa shape index (κ1) is 15.9. The predicted octanol–water partition coefficient (Wildman–Crippen LogP) is 4.41. The van der Waals surface area contributed by atoms with Crippen LogP contribution in [0, 0.1) is 0 Å². The number of aromatic nitrogens is 1. The minimum absolute atomic E-state index is 0.118. The predicted molar refractivity (Wildman–Crippen MR) is 97.8 cm³/mol. The van der Waals surface area contributed by atoms with Crippen molar-refractivity contribution in [3.05, 3.63) is 59.0 Å². The molecule has 1 N–H and O–H groups in total. The summed E-state index contributed by atoms with van der Waals surface area (Å²) >= 11 is 0. The number of hydrogen-bond donors (Lipinski definition) is 1. The summed E-state index contributed by atoms with van der Waals surface area (Å²) in [5.74, 6) is 0.144. The maximum Gasteiger partial charge on any atom is 0.363 e. The Morgan fingerprint density at radius 2 is 1.81 bits per heavy atom. The van der Waals surface area contributed by atoms with Crippen molar-refractivity contribution in [2.24, 2.45) is 17.3 Å². The number of methoxy groups -OCH3 is 1. The molecule has 0 saturated heterocycles. The van der Waals surface area contributed by atoms with Crippen LogP contribution >= 0.6 is 0 Å². The molecule has 0 aliphatic carbocycles. The molecule has 0 atom stereocenters. The van der Waals surface area contributed by atoms with Gasteiger partial charge in [-0.3, -0.25) is 0 Å². The van der Waals surface area contributed by atoms with Gasteiger partial charge in [0.25, 0.3) is 0 Å². The van der Waals surface area contributed by atoms with Crippen LogP contribution in [0.4, 0.5) is 11.4 Å². The lowest BCUT2D eigenvalue weighted by molar-refractivity contribution is 0.314. The zero-order chi connectivity index (χ0) is 18.3. The van der Waals surface area contributed by atoms with Gasteiger partial charge in [-0.05, 0) is 30.3 Å². The van der Waals surface area contributed by atoms with Gasteiger partial charge in [-0.25, -0.2) is 4.79 Å². The van der Waals surface area contributed by atoms with Crippen molar-refractivity contribution in [2.45, 2.75) is 0 Å². The zero-order valence-electron chi connectivity index (χ0n) is 14.1. The van der Waals surface area contributed by atoms with Crippen LogP contribution in [0.15, 0.2) is 68.0 Å². The molecule has 0 unspecified atom stereocenters. The lowest BCUT2D eigenvalue weighted by Gasteiger charge is -2.01. The van der Waals surface area contributed by atoms with Gasteiger partial charge in [-0.2, -0.15) is 5.11 Å². The molecule has 0 fully saturated rings. The fraction of sp³-hybridized carbons (Fsp3) is 0.105. The number of benzene rings is 2. The number of rotatable bonds is 3. The monoisotopic (exact) mass is 349 g/mol. The average molecular weight is 349 g/mol. The number of azo groups is 1. The van der Waals surface area contributed by atoms with Crippen LogP contribution in [0.1, 0.15) is 0 Å². The molecule has 0 amide bonds. The molecular weight excluding hydrogens is 334 g/mol. The Morgan fingerprint density at radius 3 is 2.54 bits per heavy atom. The van der Waals surface area contributed by atoms with Crippen LogP contribution in [0.25, 0.3) is 21.8 Å². The minimum Gasteiger partial charge on any atom is -0.497 e. The Labute approximate surface area is 147 Å². The Balaban J connectivity index is 1.95. The second-order valence-corrected chi connectivity index (χ2v) is 5.74. The van der Waals surface area contributed by atoms with Crippen LogP contribution < -0.4 is 10.4 Å². The first-order chi connectivity index (χ1) is 12.6. The molecule has 0 aliphatic heterocycles. The van der Waals surface area contributed by atoms with Crippen LogP contribution in [-0.2, 0) is 7.05 Å². The van der Waals surface area contributed by atoms with E-state index in [0.717, 1.165) is 10.9 Å². The third kappa shape index (κ3) is 2.41. The summed E-state index contributed by atoms with van der Waals surface area (Å²) in [7, 11) is 3.35. The van der Waals surface area contributed by atoms with Crippen LogP contribution in [0.2, 0.25) is 0 Å². The van der Waals surface area contributed by atoms with Crippen molar-refractivity contribution >= 4 is 33.2 Å². The molecule has 2 heterocycles. The van der Waals surface area contributed by atoms with Gasteiger partial charge in [0, 0.05) is 23.3 Å². The largest absolute Gasteiger partial charge is 0.497 e. The molecule has 130 valence electrons. The summed E-state index contributed by atoms with van der Waals surface area (Å²) in [5, 5.41) is 19.8. The van der Waals surface area contributed by atoms with Crippen molar-refractivity contribution in [1.29, 1.82) is 0 Å². The maximum atomic E-state index is 12.3. The number of para-hydroxylation sites is 1. The molecule has 26 heavy (non-hydrogen) atoms. The van der Waals surface area contributed by atoms with Gasteiger partial charge in [0.15, 0.2) is 5.69 Å². The van der Waals surface area contributed by atoms with Crippen LogP contribution in [0.5, 0.6) is 11.7 Å². The lowest BCUT2D eigenvalue weighted by Crippen LogP contribution is -2.03. The molecule has 0 radical (unpaired) electrons. The summed E-state index contributed by atoms with van der Waals surface area (Å²) in [4.78, 5) is 12.3. The van der Waals surface area contributed by atoms with E-state index in [1.54, 1.807) is 43.0 Å². The second-order valence-electron chi connectivity index (χ2n) is 5.74. The normalized spacial score (nSPS) is 11.6. The molecule has 4 rings (SSSR count). The number of hydrogen-bond acceptors (Lipinski definition) is 6. The topological polar surface area (TPSA) is 89.3 Å². The Morgan fingerprint density at radius 1 is 1.08 bits per heavy atom. The molecule has 4 aromatic rings. The first-order valence-corrected chi connectivity index (χ1v) is 7.89. The van der Waals surface area contributed by atoms with Crippen LogP contribution in [0.3, 0.4) is 0 Å². The number of ether oxygens (including phenoxy) is 1. The van der Waals surface area contributed by atoms with Crippen molar-refractivity contribution in [3.63, 3.8) is 0 Å². The Bertz CT molecular complexity index is 1200. The van der Waals surface area contributed by atoms with E-state index in [2.05, 4.69) is 10.2 Å². The van der Waals surface area contributed by atoms with Gasteiger partial charge < -0.3 is 18.8 Å². The van der Waals surface area contributed by atoms with Gasteiger partial charge in [0.1, 0.15) is 11.3 Å². The zero-order valence-corrected chi connectivity index (χ0v) is 14.1. The fourth-order valence-electron chi connectivity index (χ4n) is 3.01. The SMILES string of the molecule is COc1ccc(N=Nc2c(O)oc(=O)c3c2c2ccccc2n3C)cc1. The standard InChI is InChI=1S/C19H15N3O4/c1-22-14-6-4-3-5-13(14)15-16(18(23)26-19(24)17(15)22)21-20-11-7-9-12(25-2)10-8-11/h3-10,23H,1-2H3. The van der Waals surface area contributed by atoms with E-state index >= 15 is 0 Å². The molecule has 2 aromatic heterocycles. The van der Waals surface area contributed by atoms with E-state index in [1.165, 1.54) is 0 Å². The highest BCUT2D eigenvalue weighted by molar-refractivity contribution is 6.13. The fourth-order valence-corrected chi connectivity index (χ4v) is 3.01. The van der Waals surface area contributed by atoms with Gasteiger partial charge in [0.05, 0.1) is 12.8 Å². The van der Waals surface area contributed by atoms with Gasteiger partial charge in [-0.15, -0.1) is 5.11 Å². The van der Waals surface area contributed by atoms with Gasteiger partial charge in [-0.1, -0.05) is 18.2 Å². The third-order valence-corrected chi connectivity index (χ3v) is 4.27. The van der Waals surface area contributed by atoms with Crippen molar-refractivity contribution in [1.82, 2.24) is 4.57 Å². The number of aromatic hydroxyl groups is 1. The third-order valence-electron chi connectivity index (χ3n) is 4.27. The minimum atomic E-state index is -0.625. The number of nitrogens with zero attached hydrogens (tertiary/aromatic N) is 3. The van der Waals surface area contributed by atoms with Gasteiger partial charge >= 0.3 is 11.6 Å². The van der Waals surface area contributed by atoms with E-state index in [1.807, 2.05) is 24.3 Å². The molecule has 0 spiro atoms. The van der Waals surface area contributed by atoms with E-state index in [0.29, 0.717) is 22.3 Å². The second kappa shape index (κ2) is 6.03. The van der Waals surface area contributed by atoms with Gasteiger partial charge in [0.2, 0.25) is 0 Å². The average Bonchev–Trinajstić information content (AvgIpc) is 2.96. The van der Waals surface area contributed by atoms with Crippen LogP contribution in [-0.4, -0.2) is 16.8 Å². The smallest absolute Gasteiger partial charge is 0.363 e. The highest BCUT2D eigenvalue weighted by atomic mass is 16.5. The molecule has 0 bridgehead atoms. The number of fused-ring (bicyclic) bond motifs is 3. The van der Waals surface area contributed by atoms with E-state index in [-0.39, 0.29) is 5.69 Å². The molecular formula is C19H15N3O4. The summed E-state index contributed by atoms with van der Waals surface area (Å²) in [6, 6.07) is 14.5. The van der Waals surface area contributed by atoms with Crippen molar-refractivity contribution in [3.8, 4) is 11.7 Å².